The minimum Gasteiger partial charge on any atom is -0.393 e. The Morgan fingerprint density at radius 1 is 1.33 bits per heavy atom. The molecule has 3 nitrogen and oxygen atoms in total. The molecule has 0 aromatic heterocycles. The third kappa shape index (κ3) is 6.29. The van der Waals surface area contributed by atoms with Crippen molar-refractivity contribution in [3.05, 3.63) is 29.3 Å². The Labute approximate surface area is 135 Å². The molecule has 2 unspecified atom stereocenters. The van der Waals surface area contributed by atoms with Crippen LogP contribution in [0, 0.1) is 5.92 Å². The summed E-state index contributed by atoms with van der Waals surface area (Å²) in [5.41, 5.74) is 0. The zero-order chi connectivity index (χ0) is 15.1. The second-order valence-electron chi connectivity index (χ2n) is 5.54. The summed E-state index contributed by atoms with van der Waals surface area (Å²) in [6.07, 6.45) is 3.99. The summed E-state index contributed by atoms with van der Waals surface area (Å²) < 4.78 is 0. The molecule has 0 bridgehead atoms. The van der Waals surface area contributed by atoms with Crippen LogP contribution in [-0.4, -0.2) is 29.4 Å². The van der Waals surface area contributed by atoms with Crippen molar-refractivity contribution in [3.8, 4) is 0 Å². The maximum Gasteiger partial charge on any atom is 0.220 e. The molecule has 5 heteroatoms. The van der Waals surface area contributed by atoms with E-state index in [-0.39, 0.29) is 12.0 Å². The van der Waals surface area contributed by atoms with Crippen molar-refractivity contribution in [2.75, 3.05) is 12.3 Å². The summed E-state index contributed by atoms with van der Waals surface area (Å²) in [6.45, 7) is 0.709. The number of rotatable bonds is 7. The fraction of sp³-hybridized carbons (Fsp3) is 0.562. The molecule has 0 saturated heterocycles. The van der Waals surface area contributed by atoms with E-state index in [2.05, 4.69) is 5.32 Å². The molecular formula is C16H22ClNO2S. The summed E-state index contributed by atoms with van der Waals surface area (Å²) in [6, 6.07) is 7.76. The van der Waals surface area contributed by atoms with E-state index in [0.29, 0.717) is 18.9 Å². The Morgan fingerprint density at radius 3 is 2.76 bits per heavy atom. The van der Waals surface area contributed by atoms with Gasteiger partial charge in [-0.1, -0.05) is 11.6 Å². The maximum absolute atomic E-state index is 11.7. The molecule has 1 saturated carbocycles. The van der Waals surface area contributed by atoms with Crippen LogP contribution in [0.1, 0.15) is 32.1 Å². The van der Waals surface area contributed by atoms with Crippen LogP contribution < -0.4 is 5.32 Å². The van der Waals surface area contributed by atoms with Gasteiger partial charge >= 0.3 is 0 Å². The van der Waals surface area contributed by atoms with Gasteiger partial charge < -0.3 is 10.4 Å². The Balaban J connectivity index is 1.54. The van der Waals surface area contributed by atoms with Crippen LogP contribution in [0.3, 0.4) is 0 Å². The van der Waals surface area contributed by atoms with Gasteiger partial charge in [0, 0.05) is 22.9 Å². The van der Waals surface area contributed by atoms with E-state index in [4.69, 9.17) is 11.6 Å². The molecule has 116 valence electrons. The summed E-state index contributed by atoms with van der Waals surface area (Å²) in [5.74, 6) is 1.50. The highest BCUT2D eigenvalue weighted by Gasteiger charge is 2.22. The molecule has 21 heavy (non-hydrogen) atoms. The first-order valence-electron chi connectivity index (χ1n) is 7.46. The highest BCUT2D eigenvalue weighted by Crippen LogP contribution is 2.24. The first-order chi connectivity index (χ1) is 10.1. The maximum atomic E-state index is 11.7. The third-order valence-corrected chi connectivity index (χ3v) is 5.08. The quantitative estimate of drug-likeness (QED) is 0.595. The van der Waals surface area contributed by atoms with Crippen molar-refractivity contribution in [1.82, 2.24) is 5.32 Å². The third-order valence-electron chi connectivity index (χ3n) is 3.73. The van der Waals surface area contributed by atoms with Crippen molar-refractivity contribution >= 4 is 29.3 Å². The number of aliphatic hydroxyl groups excluding tert-OH is 1. The number of nitrogens with one attached hydrogen (secondary N) is 1. The lowest BCUT2D eigenvalue weighted by molar-refractivity contribution is -0.121. The summed E-state index contributed by atoms with van der Waals surface area (Å²) in [4.78, 5) is 12.9. The highest BCUT2D eigenvalue weighted by molar-refractivity contribution is 7.99. The number of aliphatic hydroxyl groups is 1. The van der Waals surface area contributed by atoms with Gasteiger partial charge in [0.15, 0.2) is 0 Å². The second kappa shape index (κ2) is 8.66. The van der Waals surface area contributed by atoms with Crippen molar-refractivity contribution in [2.45, 2.75) is 43.1 Å². The molecule has 1 aromatic rings. The number of halogens is 1. The lowest BCUT2D eigenvalue weighted by Gasteiger charge is -2.10. The lowest BCUT2D eigenvalue weighted by Crippen LogP contribution is -2.28. The molecule has 1 aromatic carbocycles. The number of amides is 1. The molecule has 1 amide bonds. The van der Waals surface area contributed by atoms with Gasteiger partial charge in [0.05, 0.1) is 6.10 Å². The Hall–Kier alpha value is -0.710. The molecule has 1 aliphatic carbocycles. The molecule has 2 rings (SSSR count). The number of carbonyl (C=O) groups excluding carboxylic acids is 1. The lowest BCUT2D eigenvalue weighted by atomic mass is 10.1. The molecule has 0 heterocycles. The van der Waals surface area contributed by atoms with Crippen LogP contribution in [0.25, 0.3) is 0 Å². The standard InChI is InChI=1S/C16H22ClNO2S/c17-13-4-7-15(8-5-13)21-9-1-2-16(20)18-11-12-3-6-14(19)10-12/h4-5,7-8,12,14,19H,1-3,6,9-11H2,(H,18,20). The normalized spacial score (nSPS) is 21.4. The van der Waals surface area contributed by atoms with Crippen LogP contribution >= 0.6 is 23.4 Å². The Bertz CT molecular complexity index is 452. The van der Waals surface area contributed by atoms with E-state index < -0.39 is 0 Å². The first kappa shape index (κ1) is 16.7. The van der Waals surface area contributed by atoms with E-state index in [1.54, 1.807) is 11.8 Å². The monoisotopic (exact) mass is 327 g/mol. The van der Waals surface area contributed by atoms with Crippen molar-refractivity contribution < 1.29 is 9.90 Å². The van der Waals surface area contributed by atoms with E-state index in [1.807, 2.05) is 24.3 Å². The highest BCUT2D eigenvalue weighted by atomic mass is 35.5. The molecule has 0 aliphatic heterocycles. The van der Waals surface area contributed by atoms with Gasteiger partial charge in [0.2, 0.25) is 5.91 Å². The molecule has 2 N–H and O–H groups in total. The first-order valence-corrected chi connectivity index (χ1v) is 8.83. The molecule has 2 atom stereocenters. The van der Waals surface area contributed by atoms with Crippen molar-refractivity contribution in [1.29, 1.82) is 0 Å². The fourth-order valence-corrected chi connectivity index (χ4v) is 3.51. The second-order valence-corrected chi connectivity index (χ2v) is 7.15. The van der Waals surface area contributed by atoms with Crippen LogP contribution in [-0.2, 0) is 4.79 Å². The van der Waals surface area contributed by atoms with E-state index >= 15 is 0 Å². The minimum absolute atomic E-state index is 0.119. The number of thioether (sulfide) groups is 1. The van der Waals surface area contributed by atoms with E-state index in [9.17, 15) is 9.90 Å². The molecule has 0 spiro atoms. The SMILES string of the molecule is O=C(CCCSc1ccc(Cl)cc1)NCC1CCC(O)C1. The summed E-state index contributed by atoms with van der Waals surface area (Å²) >= 11 is 7.58. The average molecular weight is 328 g/mol. The topological polar surface area (TPSA) is 49.3 Å². The molecule has 1 aliphatic rings. The Kier molecular flexibility index (Phi) is 6.87. The van der Waals surface area contributed by atoms with Crippen molar-refractivity contribution in [2.24, 2.45) is 5.92 Å². The van der Waals surface area contributed by atoms with Gasteiger partial charge in [-0.25, -0.2) is 0 Å². The molecular weight excluding hydrogens is 306 g/mol. The molecule has 0 radical (unpaired) electrons. The zero-order valence-corrected chi connectivity index (χ0v) is 13.6. The van der Waals surface area contributed by atoms with Gasteiger partial charge in [0.1, 0.15) is 0 Å². The van der Waals surface area contributed by atoms with Gasteiger partial charge in [0.25, 0.3) is 0 Å². The summed E-state index contributed by atoms with van der Waals surface area (Å²) in [7, 11) is 0. The average Bonchev–Trinajstić information content (AvgIpc) is 2.89. The predicted molar refractivity (Wildman–Crippen MR) is 87.8 cm³/mol. The van der Waals surface area contributed by atoms with Gasteiger partial charge in [-0.2, -0.15) is 0 Å². The van der Waals surface area contributed by atoms with E-state index in [0.717, 1.165) is 36.5 Å². The number of hydrogen-bond acceptors (Lipinski definition) is 3. The summed E-state index contributed by atoms with van der Waals surface area (Å²) in [5, 5.41) is 13.2. The Morgan fingerprint density at radius 2 is 2.10 bits per heavy atom. The van der Waals surface area contributed by atoms with Gasteiger partial charge in [-0.15, -0.1) is 11.8 Å². The predicted octanol–water partition coefficient (Wildman–Crippen LogP) is 3.49. The van der Waals surface area contributed by atoms with Crippen LogP contribution in [0.5, 0.6) is 0 Å². The van der Waals surface area contributed by atoms with Gasteiger partial charge in [-0.05, 0) is 61.6 Å². The number of carbonyl (C=O) groups is 1. The molecule has 1 fully saturated rings. The van der Waals surface area contributed by atoms with Crippen LogP contribution in [0.2, 0.25) is 5.02 Å². The zero-order valence-electron chi connectivity index (χ0n) is 12.1. The number of benzene rings is 1. The van der Waals surface area contributed by atoms with Crippen LogP contribution in [0.4, 0.5) is 0 Å². The van der Waals surface area contributed by atoms with Gasteiger partial charge in [-0.3, -0.25) is 4.79 Å². The fourth-order valence-electron chi connectivity index (χ4n) is 2.53. The van der Waals surface area contributed by atoms with E-state index in [1.165, 1.54) is 4.90 Å². The van der Waals surface area contributed by atoms with Crippen molar-refractivity contribution in [3.63, 3.8) is 0 Å². The van der Waals surface area contributed by atoms with Crippen LogP contribution in [0.15, 0.2) is 29.2 Å². The number of hydrogen-bond donors (Lipinski definition) is 2. The minimum atomic E-state index is -0.164. The smallest absolute Gasteiger partial charge is 0.220 e. The largest absolute Gasteiger partial charge is 0.393 e.